The molecule has 1 atom stereocenters. The van der Waals surface area contributed by atoms with Crippen LogP contribution in [0, 0.1) is 0 Å². The minimum atomic E-state index is -3.56. The molecule has 0 bridgehead atoms. The highest BCUT2D eigenvalue weighted by atomic mass is 32.2. The van der Waals surface area contributed by atoms with Gasteiger partial charge in [-0.3, -0.25) is 0 Å². The molecule has 29 heavy (non-hydrogen) atoms. The van der Waals surface area contributed by atoms with Gasteiger partial charge in [0, 0.05) is 24.3 Å². The molecule has 0 N–H and O–H groups in total. The number of fused-ring (bicyclic) bond motifs is 2. The Hall–Kier alpha value is -2.33. The van der Waals surface area contributed by atoms with Gasteiger partial charge in [-0.1, -0.05) is 5.16 Å². The van der Waals surface area contributed by atoms with Gasteiger partial charge in [-0.25, -0.2) is 23.1 Å². The lowest BCUT2D eigenvalue weighted by Crippen LogP contribution is -2.29. The Bertz CT molecular complexity index is 1180. The smallest absolute Gasteiger partial charge is 0.193 e. The molecule has 3 aromatic heterocycles. The lowest BCUT2D eigenvalue weighted by molar-refractivity contribution is 0.276. The third kappa shape index (κ3) is 3.24. The van der Waals surface area contributed by atoms with Crippen LogP contribution in [0.15, 0.2) is 15.7 Å². The molecule has 0 spiro atoms. The summed E-state index contributed by atoms with van der Waals surface area (Å²) in [6, 6.07) is 0.359. The van der Waals surface area contributed by atoms with Crippen molar-refractivity contribution in [1.82, 2.24) is 29.8 Å². The lowest BCUT2D eigenvalue weighted by Gasteiger charge is -2.19. The highest BCUT2D eigenvalue weighted by molar-refractivity contribution is 7.90. The highest BCUT2D eigenvalue weighted by Gasteiger charge is 2.28. The molecular formula is C19H24N6O3S. The van der Waals surface area contributed by atoms with Crippen molar-refractivity contribution in [2.24, 2.45) is 0 Å². The zero-order chi connectivity index (χ0) is 20.2. The van der Waals surface area contributed by atoms with Crippen LogP contribution >= 0.6 is 0 Å². The van der Waals surface area contributed by atoms with Gasteiger partial charge in [-0.15, -0.1) is 0 Å². The van der Waals surface area contributed by atoms with Gasteiger partial charge in [-0.2, -0.15) is 5.10 Å². The fraction of sp³-hybridized carbons (Fsp3) is 0.579. The van der Waals surface area contributed by atoms with E-state index in [1.165, 1.54) is 6.26 Å². The monoisotopic (exact) mass is 416 g/mol. The summed E-state index contributed by atoms with van der Waals surface area (Å²) < 4.78 is 32.3. The summed E-state index contributed by atoms with van der Waals surface area (Å²) in [4.78, 5) is 11.4. The molecule has 0 amide bonds. The van der Waals surface area contributed by atoms with Crippen molar-refractivity contribution >= 4 is 20.9 Å². The Labute approximate surface area is 169 Å². The van der Waals surface area contributed by atoms with Gasteiger partial charge in [0.25, 0.3) is 0 Å². The number of aromatic nitrogens is 5. The molecule has 4 heterocycles. The Morgan fingerprint density at radius 3 is 2.79 bits per heavy atom. The number of sulfone groups is 1. The topological polar surface area (TPSA) is 107 Å². The first-order valence-electron chi connectivity index (χ1n) is 10.0. The number of rotatable bonds is 4. The standard InChI is InChI=1S/C19H24N6O3S/c1-24-9-5-6-12(24)11-25-18-14(10-20-25)19(29(2,26)27)22-17(21-18)16-13-7-3-4-8-15(13)28-23-16/h10,12H,3-9,11H2,1-2H3. The highest BCUT2D eigenvalue weighted by Crippen LogP contribution is 2.31. The largest absolute Gasteiger partial charge is 0.360 e. The van der Waals surface area contributed by atoms with Crippen LogP contribution in [-0.4, -0.2) is 64.1 Å². The van der Waals surface area contributed by atoms with E-state index in [1.54, 1.807) is 10.9 Å². The number of aryl methyl sites for hydroxylation is 1. The van der Waals surface area contributed by atoms with Crippen molar-refractivity contribution in [3.05, 3.63) is 17.5 Å². The molecule has 9 nitrogen and oxygen atoms in total. The second-order valence-corrected chi connectivity index (χ2v) is 10.0. The maximum atomic E-state index is 12.5. The molecular weight excluding hydrogens is 392 g/mol. The number of hydrogen-bond donors (Lipinski definition) is 0. The van der Waals surface area contributed by atoms with Crippen LogP contribution in [0.4, 0.5) is 0 Å². The Morgan fingerprint density at radius 2 is 2.03 bits per heavy atom. The molecule has 10 heteroatoms. The SMILES string of the molecule is CN1CCCC1Cn1ncc2c(S(C)(=O)=O)nc(-c3noc4c3CCCC4)nc21. The van der Waals surface area contributed by atoms with Gasteiger partial charge in [0.1, 0.15) is 5.76 Å². The Morgan fingerprint density at radius 1 is 1.21 bits per heavy atom. The predicted molar refractivity (Wildman–Crippen MR) is 106 cm³/mol. The van der Waals surface area contributed by atoms with Crippen molar-refractivity contribution in [2.75, 3.05) is 19.8 Å². The van der Waals surface area contributed by atoms with E-state index in [2.05, 4.69) is 27.2 Å². The summed E-state index contributed by atoms with van der Waals surface area (Å²) in [5.41, 5.74) is 2.08. The van der Waals surface area contributed by atoms with E-state index in [9.17, 15) is 8.42 Å². The van der Waals surface area contributed by atoms with E-state index in [-0.39, 0.29) is 5.03 Å². The van der Waals surface area contributed by atoms with E-state index < -0.39 is 9.84 Å². The molecule has 2 aliphatic rings. The van der Waals surface area contributed by atoms with Crippen molar-refractivity contribution in [1.29, 1.82) is 0 Å². The first-order chi connectivity index (χ1) is 13.9. The van der Waals surface area contributed by atoms with Gasteiger partial charge in [0.2, 0.25) is 0 Å². The average Bonchev–Trinajstić information content (AvgIpc) is 3.40. The maximum absolute atomic E-state index is 12.5. The van der Waals surface area contributed by atoms with E-state index in [0.29, 0.717) is 35.1 Å². The number of likely N-dealkylation sites (tertiary alicyclic amines) is 1. The van der Waals surface area contributed by atoms with Gasteiger partial charge in [0.05, 0.1) is 18.1 Å². The quantitative estimate of drug-likeness (QED) is 0.593. The number of hydrogen-bond acceptors (Lipinski definition) is 8. The summed E-state index contributed by atoms with van der Waals surface area (Å²) in [5.74, 6) is 1.16. The van der Waals surface area contributed by atoms with Gasteiger partial charge < -0.3 is 9.42 Å². The molecule has 1 saturated heterocycles. The second-order valence-electron chi connectivity index (χ2n) is 8.11. The molecule has 0 saturated carbocycles. The zero-order valence-electron chi connectivity index (χ0n) is 16.6. The molecule has 1 unspecified atom stereocenters. The summed E-state index contributed by atoms with van der Waals surface area (Å²) in [5, 5.41) is 9.10. The van der Waals surface area contributed by atoms with Gasteiger partial charge in [0.15, 0.2) is 32.0 Å². The second kappa shape index (κ2) is 6.88. The first-order valence-corrected chi connectivity index (χ1v) is 11.9. The number of nitrogens with zero attached hydrogens (tertiary/aromatic N) is 6. The third-order valence-electron chi connectivity index (χ3n) is 6.03. The van der Waals surface area contributed by atoms with Crippen LogP contribution in [0.3, 0.4) is 0 Å². The van der Waals surface area contributed by atoms with Crippen molar-refractivity contribution in [3.8, 4) is 11.5 Å². The molecule has 1 fully saturated rings. The number of likely N-dealkylation sites (N-methyl/N-ethyl adjacent to an activating group) is 1. The molecule has 0 radical (unpaired) electrons. The van der Waals surface area contributed by atoms with Crippen LogP contribution < -0.4 is 0 Å². The van der Waals surface area contributed by atoms with E-state index in [0.717, 1.165) is 56.4 Å². The van der Waals surface area contributed by atoms with Gasteiger partial charge >= 0.3 is 0 Å². The lowest BCUT2D eigenvalue weighted by atomic mass is 9.96. The summed E-state index contributed by atoms with van der Waals surface area (Å²) in [7, 11) is -1.46. The Kier molecular flexibility index (Phi) is 4.43. The zero-order valence-corrected chi connectivity index (χ0v) is 17.4. The van der Waals surface area contributed by atoms with Crippen LogP contribution in [0.2, 0.25) is 0 Å². The molecule has 1 aliphatic carbocycles. The van der Waals surface area contributed by atoms with Crippen molar-refractivity contribution in [3.63, 3.8) is 0 Å². The predicted octanol–water partition coefficient (Wildman–Crippen LogP) is 1.86. The normalized spacial score (nSPS) is 20.4. The fourth-order valence-corrected chi connectivity index (χ4v) is 5.22. The molecule has 3 aromatic rings. The minimum Gasteiger partial charge on any atom is -0.360 e. The van der Waals surface area contributed by atoms with Crippen molar-refractivity contribution in [2.45, 2.75) is 56.1 Å². The molecule has 0 aromatic carbocycles. The third-order valence-corrected chi connectivity index (χ3v) is 7.04. The fourth-order valence-electron chi connectivity index (χ4n) is 4.42. The van der Waals surface area contributed by atoms with E-state index in [1.807, 2.05) is 0 Å². The van der Waals surface area contributed by atoms with E-state index >= 15 is 0 Å². The molecule has 1 aliphatic heterocycles. The summed E-state index contributed by atoms with van der Waals surface area (Å²) >= 11 is 0. The van der Waals surface area contributed by atoms with Crippen LogP contribution in [-0.2, 0) is 29.2 Å². The van der Waals surface area contributed by atoms with E-state index in [4.69, 9.17) is 9.51 Å². The first kappa shape index (κ1) is 18.7. The molecule has 154 valence electrons. The van der Waals surface area contributed by atoms with Crippen LogP contribution in [0.1, 0.15) is 37.0 Å². The minimum absolute atomic E-state index is 0.00362. The summed E-state index contributed by atoms with van der Waals surface area (Å²) in [6.07, 6.45) is 8.77. The maximum Gasteiger partial charge on any atom is 0.193 e. The van der Waals surface area contributed by atoms with Crippen LogP contribution in [0.5, 0.6) is 0 Å². The van der Waals surface area contributed by atoms with Crippen LogP contribution in [0.25, 0.3) is 22.6 Å². The Balaban J connectivity index is 1.67. The van der Waals surface area contributed by atoms with Gasteiger partial charge in [-0.05, 0) is 45.7 Å². The summed E-state index contributed by atoms with van der Waals surface area (Å²) in [6.45, 7) is 1.72. The average molecular weight is 417 g/mol. The van der Waals surface area contributed by atoms with Crippen molar-refractivity contribution < 1.29 is 12.9 Å². The molecule has 5 rings (SSSR count).